The van der Waals surface area contributed by atoms with Gasteiger partial charge in [0, 0.05) is 17.3 Å². The van der Waals surface area contributed by atoms with E-state index in [0.29, 0.717) is 12.4 Å². The zero-order valence-electron chi connectivity index (χ0n) is 21.5. The maximum absolute atomic E-state index is 10.9. The number of benzene rings is 2. The first kappa shape index (κ1) is 24.6. The minimum Gasteiger partial charge on any atom is -0.495 e. The fourth-order valence-electron chi connectivity index (χ4n) is 4.54. The van der Waals surface area contributed by atoms with Gasteiger partial charge in [-0.3, -0.25) is 0 Å². The van der Waals surface area contributed by atoms with Crippen molar-refractivity contribution in [2.75, 3.05) is 12.0 Å². The van der Waals surface area contributed by atoms with Gasteiger partial charge in [0.05, 0.1) is 18.8 Å². The molecule has 6 nitrogen and oxygen atoms in total. The minimum absolute atomic E-state index is 0.115. The highest BCUT2D eigenvalue weighted by atomic mass is 16.5. The summed E-state index contributed by atoms with van der Waals surface area (Å²) in [4.78, 5) is 2.10. The van der Waals surface area contributed by atoms with Crippen LogP contribution in [0.4, 0.5) is 5.82 Å². The molecule has 6 heteroatoms. The Kier molecular flexibility index (Phi) is 6.77. The summed E-state index contributed by atoms with van der Waals surface area (Å²) in [5.41, 5.74) is 4.89. The predicted octanol–water partition coefficient (Wildman–Crippen LogP) is 6.37. The number of allylic oxidation sites excluding steroid dienone is 2. The van der Waals surface area contributed by atoms with Crippen LogP contribution in [0.2, 0.25) is 0 Å². The lowest BCUT2D eigenvalue weighted by Gasteiger charge is -2.35. The van der Waals surface area contributed by atoms with Crippen LogP contribution in [0.1, 0.15) is 50.1 Å². The first-order valence-electron chi connectivity index (χ1n) is 11.8. The second-order valence-electron chi connectivity index (χ2n) is 9.55. The second-order valence-corrected chi connectivity index (χ2v) is 9.55. The van der Waals surface area contributed by atoms with Gasteiger partial charge in [-0.05, 0) is 69.9 Å². The molecule has 35 heavy (non-hydrogen) atoms. The topological polar surface area (TPSA) is 68.0 Å². The standard InChI is InChI=1S/C29H34N2O4/c1-18-15-26(27(33-7)20(3)31(18)28-19(2)21(4)35-30-28)34-17-22-13-14-24(23-11-9-8-10-12-23)25(16-22)29(5,6)32/h8-16,20,32H,17H2,1-7H3. The predicted molar refractivity (Wildman–Crippen MR) is 138 cm³/mol. The van der Waals surface area contributed by atoms with Gasteiger partial charge in [0.25, 0.3) is 0 Å². The quantitative estimate of drug-likeness (QED) is 0.429. The van der Waals surface area contributed by atoms with Crippen molar-refractivity contribution < 1.29 is 19.1 Å². The van der Waals surface area contributed by atoms with E-state index in [1.165, 1.54) is 0 Å². The lowest BCUT2D eigenvalue weighted by atomic mass is 9.88. The van der Waals surface area contributed by atoms with Gasteiger partial charge in [0.2, 0.25) is 0 Å². The van der Waals surface area contributed by atoms with E-state index in [1.807, 2.05) is 71.0 Å². The lowest BCUT2D eigenvalue weighted by Crippen LogP contribution is -2.37. The highest BCUT2D eigenvalue weighted by molar-refractivity contribution is 5.69. The lowest BCUT2D eigenvalue weighted by molar-refractivity contribution is 0.0789. The highest BCUT2D eigenvalue weighted by Gasteiger charge is 2.32. The smallest absolute Gasteiger partial charge is 0.180 e. The molecule has 3 aromatic rings. The van der Waals surface area contributed by atoms with Crippen LogP contribution < -0.4 is 4.90 Å². The van der Waals surface area contributed by atoms with Crippen molar-refractivity contribution in [3.05, 3.63) is 94.3 Å². The van der Waals surface area contributed by atoms with Crippen molar-refractivity contribution in [3.63, 3.8) is 0 Å². The molecule has 0 saturated carbocycles. The Bertz CT molecular complexity index is 1270. The number of ether oxygens (including phenoxy) is 2. The summed E-state index contributed by atoms with van der Waals surface area (Å²) in [7, 11) is 1.66. The molecule has 0 amide bonds. The first-order valence-corrected chi connectivity index (χ1v) is 11.8. The Morgan fingerprint density at radius 2 is 1.80 bits per heavy atom. The number of aliphatic hydroxyl groups is 1. The molecule has 0 radical (unpaired) electrons. The number of rotatable bonds is 7. The van der Waals surface area contributed by atoms with E-state index in [4.69, 9.17) is 14.0 Å². The molecule has 1 unspecified atom stereocenters. The van der Waals surface area contributed by atoms with Gasteiger partial charge in [-0.2, -0.15) is 0 Å². The Labute approximate surface area is 207 Å². The third-order valence-electron chi connectivity index (χ3n) is 6.53. The van der Waals surface area contributed by atoms with Crippen LogP contribution in [-0.4, -0.2) is 23.4 Å². The number of methoxy groups -OCH3 is 1. The van der Waals surface area contributed by atoms with Crippen molar-refractivity contribution in [2.45, 2.75) is 59.8 Å². The van der Waals surface area contributed by atoms with E-state index >= 15 is 0 Å². The minimum atomic E-state index is -0.998. The number of aromatic nitrogens is 1. The molecule has 2 aromatic carbocycles. The Hall–Kier alpha value is -3.51. The van der Waals surface area contributed by atoms with Gasteiger partial charge in [0.1, 0.15) is 12.4 Å². The molecule has 1 N–H and O–H groups in total. The number of aryl methyl sites for hydroxylation is 1. The Balaban J connectivity index is 1.61. The molecule has 1 atom stereocenters. The van der Waals surface area contributed by atoms with Crippen LogP contribution in [0, 0.1) is 13.8 Å². The monoisotopic (exact) mass is 474 g/mol. The number of anilines is 1. The number of nitrogens with zero attached hydrogens (tertiary/aromatic N) is 2. The van der Waals surface area contributed by atoms with Crippen LogP contribution in [0.25, 0.3) is 11.1 Å². The van der Waals surface area contributed by atoms with Crippen molar-refractivity contribution in [2.24, 2.45) is 0 Å². The van der Waals surface area contributed by atoms with Crippen LogP contribution in [0.15, 0.2) is 76.3 Å². The largest absolute Gasteiger partial charge is 0.495 e. The van der Waals surface area contributed by atoms with E-state index in [0.717, 1.165) is 50.9 Å². The van der Waals surface area contributed by atoms with Gasteiger partial charge in [-0.1, -0.05) is 47.6 Å². The van der Waals surface area contributed by atoms with Crippen LogP contribution >= 0.6 is 0 Å². The fraction of sp³-hybridized carbons (Fsp3) is 0.345. The third-order valence-corrected chi connectivity index (χ3v) is 6.53. The third kappa shape index (κ3) is 4.84. The zero-order chi connectivity index (χ0) is 25.3. The van der Waals surface area contributed by atoms with Crippen molar-refractivity contribution in [3.8, 4) is 11.1 Å². The SMILES string of the molecule is COC1=C(OCc2ccc(-c3ccccc3)c(C(C)(C)O)c2)C=C(C)N(c2noc(C)c2C)C1C. The molecule has 1 aromatic heterocycles. The Morgan fingerprint density at radius 1 is 1.09 bits per heavy atom. The van der Waals surface area contributed by atoms with Gasteiger partial charge in [-0.15, -0.1) is 0 Å². The molecular formula is C29H34N2O4. The molecule has 0 aliphatic carbocycles. The summed E-state index contributed by atoms with van der Waals surface area (Å²) in [6.45, 7) is 12.0. The van der Waals surface area contributed by atoms with Crippen molar-refractivity contribution in [1.29, 1.82) is 0 Å². The van der Waals surface area contributed by atoms with Gasteiger partial charge in [0.15, 0.2) is 17.3 Å². The molecule has 1 aliphatic heterocycles. The van der Waals surface area contributed by atoms with E-state index in [1.54, 1.807) is 7.11 Å². The average Bonchev–Trinajstić information content (AvgIpc) is 3.15. The summed E-state index contributed by atoms with van der Waals surface area (Å²) < 4.78 is 17.4. The van der Waals surface area contributed by atoms with Crippen LogP contribution in [-0.2, 0) is 21.7 Å². The summed E-state index contributed by atoms with van der Waals surface area (Å²) in [5, 5.41) is 15.1. The second kappa shape index (κ2) is 9.62. The number of hydrogen-bond acceptors (Lipinski definition) is 6. The highest BCUT2D eigenvalue weighted by Crippen LogP contribution is 2.36. The Morgan fingerprint density at radius 3 is 2.40 bits per heavy atom. The number of hydrogen-bond donors (Lipinski definition) is 1. The molecule has 0 fully saturated rings. The molecule has 0 bridgehead atoms. The van der Waals surface area contributed by atoms with E-state index in [-0.39, 0.29) is 6.04 Å². The zero-order valence-corrected chi connectivity index (χ0v) is 21.5. The van der Waals surface area contributed by atoms with E-state index in [9.17, 15) is 5.11 Å². The first-order chi connectivity index (χ1) is 16.6. The molecular weight excluding hydrogens is 440 g/mol. The summed E-state index contributed by atoms with van der Waals surface area (Å²) in [5.74, 6) is 2.98. The maximum Gasteiger partial charge on any atom is 0.180 e. The van der Waals surface area contributed by atoms with Crippen molar-refractivity contribution in [1.82, 2.24) is 5.16 Å². The van der Waals surface area contributed by atoms with Crippen LogP contribution in [0.3, 0.4) is 0 Å². The molecule has 184 valence electrons. The average molecular weight is 475 g/mol. The van der Waals surface area contributed by atoms with Crippen molar-refractivity contribution >= 4 is 5.82 Å². The summed E-state index contributed by atoms with van der Waals surface area (Å²) >= 11 is 0. The normalized spacial score (nSPS) is 16.4. The van der Waals surface area contributed by atoms with Gasteiger partial charge in [-0.25, -0.2) is 0 Å². The molecule has 2 heterocycles. The van der Waals surface area contributed by atoms with E-state index < -0.39 is 5.60 Å². The molecule has 0 saturated heterocycles. The molecule has 4 rings (SSSR count). The summed E-state index contributed by atoms with van der Waals surface area (Å²) in [6.07, 6.45) is 1.97. The fourth-order valence-corrected chi connectivity index (χ4v) is 4.54. The summed E-state index contributed by atoms with van der Waals surface area (Å²) in [6, 6.07) is 16.1. The molecule has 0 spiro atoms. The van der Waals surface area contributed by atoms with E-state index in [2.05, 4.69) is 35.2 Å². The van der Waals surface area contributed by atoms with Crippen LogP contribution in [0.5, 0.6) is 0 Å². The van der Waals surface area contributed by atoms with Gasteiger partial charge >= 0.3 is 0 Å². The molecule has 1 aliphatic rings. The maximum atomic E-state index is 10.9. The van der Waals surface area contributed by atoms with Gasteiger partial charge < -0.3 is 24.0 Å².